The Labute approximate surface area is 75.1 Å². The lowest BCUT2D eigenvalue weighted by Crippen LogP contribution is -2.27. The van der Waals surface area contributed by atoms with Crippen LogP contribution in [-0.4, -0.2) is 50.8 Å². The van der Waals surface area contributed by atoms with E-state index in [0.29, 0.717) is 6.10 Å². The summed E-state index contributed by atoms with van der Waals surface area (Å²) in [7, 11) is 1.98. The highest BCUT2D eigenvalue weighted by molar-refractivity contribution is 4.68. The third-order valence-corrected chi connectivity index (χ3v) is 2.41. The van der Waals surface area contributed by atoms with Crippen molar-refractivity contribution in [2.45, 2.75) is 19.4 Å². The molecular weight excluding hydrogens is 152 g/mol. The number of hydrogen-bond acceptors (Lipinski definition) is 3. The maximum atomic E-state index is 5.67. The van der Waals surface area contributed by atoms with Crippen molar-refractivity contribution in [3.8, 4) is 0 Å². The molecule has 1 atom stereocenters. The van der Waals surface area contributed by atoms with Crippen LogP contribution >= 0.6 is 0 Å². The summed E-state index contributed by atoms with van der Waals surface area (Å²) >= 11 is 0. The third kappa shape index (κ3) is 3.09. The van der Waals surface area contributed by atoms with E-state index in [1.807, 2.05) is 7.05 Å². The van der Waals surface area contributed by atoms with Crippen LogP contribution in [0.5, 0.6) is 0 Å². The number of nitrogens with one attached hydrogen (secondary N) is 1. The second-order valence-corrected chi connectivity index (χ2v) is 3.27. The number of likely N-dealkylation sites (N-methyl/N-ethyl adjacent to an activating group) is 2. The molecule has 1 rings (SSSR count). The highest BCUT2D eigenvalue weighted by atomic mass is 16.5. The van der Waals surface area contributed by atoms with Gasteiger partial charge in [0.25, 0.3) is 0 Å². The lowest BCUT2D eigenvalue weighted by molar-refractivity contribution is 0.0636. The maximum Gasteiger partial charge on any atom is 0.0712 e. The van der Waals surface area contributed by atoms with E-state index in [4.69, 9.17) is 4.74 Å². The first-order valence-corrected chi connectivity index (χ1v) is 4.85. The van der Waals surface area contributed by atoms with Crippen LogP contribution < -0.4 is 5.32 Å². The molecule has 1 aliphatic heterocycles. The molecule has 0 radical (unpaired) electrons. The first-order chi connectivity index (χ1) is 5.86. The fourth-order valence-corrected chi connectivity index (χ4v) is 1.58. The molecule has 1 aliphatic rings. The Kier molecular flexibility index (Phi) is 4.58. The van der Waals surface area contributed by atoms with Crippen molar-refractivity contribution in [3.63, 3.8) is 0 Å². The molecule has 1 heterocycles. The van der Waals surface area contributed by atoms with E-state index in [9.17, 15) is 0 Å². The van der Waals surface area contributed by atoms with Crippen molar-refractivity contribution >= 4 is 0 Å². The van der Waals surface area contributed by atoms with Crippen LogP contribution in [0.1, 0.15) is 13.3 Å². The van der Waals surface area contributed by atoms with Crippen molar-refractivity contribution in [1.29, 1.82) is 0 Å². The van der Waals surface area contributed by atoms with Crippen LogP contribution in [0.15, 0.2) is 0 Å². The van der Waals surface area contributed by atoms with Gasteiger partial charge >= 0.3 is 0 Å². The third-order valence-electron chi connectivity index (χ3n) is 2.41. The monoisotopic (exact) mass is 172 g/mol. The molecule has 12 heavy (non-hydrogen) atoms. The first-order valence-electron chi connectivity index (χ1n) is 4.85. The van der Waals surface area contributed by atoms with Crippen molar-refractivity contribution in [2.75, 3.05) is 39.8 Å². The predicted molar refractivity (Wildman–Crippen MR) is 50.4 cm³/mol. The van der Waals surface area contributed by atoms with Gasteiger partial charge in [-0.15, -0.1) is 0 Å². The summed E-state index contributed by atoms with van der Waals surface area (Å²) in [6.07, 6.45) is 1.58. The SMILES string of the molecule is CCN1CCOC(CNC)CC1. The molecule has 1 saturated heterocycles. The Balaban J connectivity index is 2.24. The molecule has 0 amide bonds. The standard InChI is InChI=1S/C9H20N2O/c1-3-11-5-4-9(8-10-2)12-7-6-11/h9-10H,3-8H2,1-2H3. The number of rotatable bonds is 3. The Bertz CT molecular complexity index is 119. The van der Waals surface area contributed by atoms with Crippen molar-refractivity contribution < 1.29 is 4.74 Å². The van der Waals surface area contributed by atoms with Crippen LogP contribution in [0, 0.1) is 0 Å². The molecule has 1 fully saturated rings. The zero-order valence-electron chi connectivity index (χ0n) is 8.18. The van der Waals surface area contributed by atoms with Gasteiger partial charge < -0.3 is 15.0 Å². The minimum Gasteiger partial charge on any atom is -0.376 e. The number of ether oxygens (including phenoxy) is 1. The Morgan fingerprint density at radius 3 is 3.00 bits per heavy atom. The molecule has 0 aromatic carbocycles. The van der Waals surface area contributed by atoms with Gasteiger partial charge in [0.15, 0.2) is 0 Å². The second-order valence-electron chi connectivity index (χ2n) is 3.27. The molecule has 72 valence electrons. The predicted octanol–water partition coefficient (Wildman–Crippen LogP) is 0.317. The Morgan fingerprint density at radius 2 is 2.33 bits per heavy atom. The lowest BCUT2D eigenvalue weighted by Gasteiger charge is -2.16. The van der Waals surface area contributed by atoms with Crippen LogP contribution in [0.2, 0.25) is 0 Å². The van der Waals surface area contributed by atoms with Crippen LogP contribution in [0.4, 0.5) is 0 Å². The summed E-state index contributed by atoms with van der Waals surface area (Å²) in [6.45, 7) is 7.51. The Hall–Kier alpha value is -0.120. The zero-order valence-corrected chi connectivity index (χ0v) is 8.18. The fraction of sp³-hybridized carbons (Fsp3) is 1.00. The minimum absolute atomic E-state index is 0.423. The van der Waals surface area contributed by atoms with Gasteiger partial charge in [0.2, 0.25) is 0 Å². The normalized spacial score (nSPS) is 27.0. The topological polar surface area (TPSA) is 24.5 Å². The van der Waals surface area contributed by atoms with Crippen LogP contribution in [0.3, 0.4) is 0 Å². The molecule has 0 aromatic rings. The van der Waals surface area contributed by atoms with Gasteiger partial charge in [-0.25, -0.2) is 0 Å². The van der Waals surface area contributed by atoms with Crippen molar-refractivity contribution in [1.82, 2.24) is 10.2 Å². The largest absolute Gasteiger partial charge is 0.376 e. The molecular formula is C9H20N2O. The van der Waals surface area contributed by atoms with Gasteiger partial charge in [-0.2, -0.15) is 0 Å². The summed E-state index contributed by atoms with van der Waals surface area (Å²) in [5.41, 5.74) is 0. The highest BCUT2D eigenvalue weighted by Gasteiger charge is 2.14. The van der Waals surface area contributed by atoms with E-state index < -0.39 is 0 Å². The van der Waals surface area contributed by atoms with E-state index in [1.54, 1.807) is 0 Å². The fourth-order valence-electron chi connectivity index (χ4n) is 1.58. The van der Waals surface area contributed by atoms with Crippen molar-refractivity contribution in [2.24, 2.45) is 0 Å². The van der Waals surface area contributed by atoms with Crippen molar-refractivity contribution in [3.05, 3.63) is 0 Å². The molecule has 1 N–H and O–H groups in total. The van der Waals surface area contributed by atoms with Crippen LogP contribution in [-0.2, 0) is 4.74 Å². The molecule has 0 aliphatic carbocycles. The van der Waals surface area contributed by atoms with Crippen LogP contribution in [0.25, 0.3) is 0 Å². The summed E-state index contributed by atoms with van der Waals surface area (Å²) in [4.78, 5) is 2.44. The van der Waals surface area contributed by atoms with Gasteiger partial charge in [-0.3, -0.25) is 0 Å². The molecule has 3 heteroatoms. The van der Waals surface area contributed by atoms with E-state index in [2.05, 4.69) is 17.1 Å². The molecule has 0 aromatic heterocycles. The Morgan fingerprint density at radius 1 is 1.50 bits per heavy atom. The quantitative estimate of drug-likeness (QED) is 0.663. The van der Waals surface area contributed by atoms with E-state index in [1.165, 1.54) is 6.54 Å². The average Bonchev–Trinajstić information content (AvgIpc) is 2.31. The van der Waals surface area contributed by atoms with Gasteiger partial charge in [-0.1, -0.05) is 6.92 Å². The summed E-state index contributed by atoms with van der Waals surface area (Å²) in [5, 5.41) is 3.15. The smallest absolute Gasteiger partial charge is 0.0712 e. The minimum atomic E-state index is 0.423. The summed E-state index contributed by atoms with van der Waals surface area (Å²) in [5.74, 6) is 0. The summed E-state index contributed by atoms with van der Waals surface area (Å²) < 4.78 is 5.67. The molecule has 1 unspecified atom stereocenters. The number of nitrogens with zero attached hydrogens (tertiary/aromatic N) is 1. The van der Waals surface area contributed by atoms with Gasteiger partial charge in [-0.05, 0) is 20.0 Å². The van der Waals surface area contributed by atoms with E-state index in [-0.39, 0.29) is 0 Å². The molecule has 0 saturated carbocycles. The van der Waals surface area contributed by atoms with Gasteiger partial charge in [0.1, 0.15) is 0 Å². The zero-order chi connectivity index (χ0) is 8.81. The van der Waals surface area contributed by atoms with Gasteiger partial charge in [0.05, 0.1) is 12.7 Å². The second kappa shape index (κ2) is 5.51. The van der Waals surface area contributed by atoms with E-state index >= 15 is 0 Å². The molecule has 3 nitrogen and oxygen atoms in total. The maximum absolute atomic E-state index is 5.67. The highest BCUT2D eigenvalue weighted by Crippen LogP contribution is 2.05. The molecule has 0 bridgehead atoms. The summed E-state index contributed by atoms with van der Waals surface area (Å²) in [6, 6.07) is 0. The first kappa shape index (κ1) is 9.96. The average molecular weight is 172 g/mol. The lowest BCUT2D eigenvalue weighted by atomic mass is 10.2. The van der Waals surface area contributed by atoms with Gasteiger partial charge in [0, 0.05) is 19.6 Å². The molecule has 0 spiro atoms. The van der Waals surface area contributed by atoms with E-state index in [0.717, 1.165) is 32.7 Å². The number of hydrogen-bond donors (Lipinski definition) is 1.